The smallest absolute Gasteiger partial charge is 0.129 e. The monoisotopic (exact) mass is 234 g/mol. The third-order valence-corrected chi connectivity index (χ3v) is 2.89. The first-order valence-electron chi connectivity index (χ1n) is 5.78. The Morgan fingerprint density at radius 2 is 2.24 bits per heavy atom. The summed E-state index contributed by atoms with van der Waals surface area (Å²) in [7, 11) is 0. The van der Waals surface area contributed by atoms with E-state index in [4.69, 9.17) is 10.00 Å². The van der Waals surface area contributed by atoms with Crippen molar-refractivity contribution in [2.45, 2.75) is 13.0 Å². The molecule has 0 N–H and O–H groups in total. The van der Waals surface area contributed by atoms with E-state index in [9.17, 15) is 4.39 Å². The van der Waals surface area contributed by atoms with Crippen LogP contribution < -0.4 is 0 Å². The van der Waals surface area contributed by atoms with Gasteiger partial charge in [-0.1, -0.05) is 6.07 Å². The van der Waals surface area contributed by atoms with Crippen molar-refractivity contribution in [3.63, 3.8) is 0 Å². The summed E-state index contributed by atoms with van der Waals surface area (Å²) in [6, 6.07) is 6.58. The predicted octanol–water partition coefficient (Wildman–Crippen LogP) is 1.92. The Morgan fingerprint density at radius 1 is 1.35 bits per heavy atom. The molecule has 1 fully saturated rings. The Bertz CT molecular complexity index is 420. The van der Waals surface area contributed by atoms with Crippen molar-refractivity contribution in [1.82, 2.24) is 4.90 Å². The molecular formula is C13H15FN2O. The van der Waals surface area contributed by atoms with Gasteiger partial charge in [-0.25, -0.2) is 4.39 Å². The van der Waals surface area contributed by atoms with Crippen LogP contribution in [0.25, 0.3) is 0 Å². The van der Waals surface area contributed by atoms with E-state index in [-0.39, 0.29) is 5.82 Å². The van der Waals surface area contributed by atoms with Gasteiger partial charge in [0.05, 0.1) is 18.2 Å². The van der Waals surface area contributed by atoms with E-state index in [1.807, 2.05) is 6.07 Å². The van der Waals surface area contributed by atoms with Gasteiger partial charge >= 0.3 is 0 Å². The van der Waals surface area contributed by atoms with Gasteiger partial charge in [-0.05, 0) is 18.6 Å². The SMILES string of the molecule is N#Cc1ccc(CN2CCCOCC2)c(F)c1. The predicted molar refractivity (Wildman–Crippen MR) is 61.8 cm³/mol. The fraction of sp³-hybridized carbons (Fsp3) is 0.462. The quantitative estimate of drug-likeness (QED) is 0.784. The maximum absolute atomic E-state index is 13.7. The summed E-state index contributed by atoms with van der Waals surface area (Å²) in [4.78, 5) is 2.18. The molecule has 2 rings (SSSR count). The van der Waals surface area contributed by atoms with Crippen LogP contribution in [0.4, 0.5) is 4.39 Å². The van der Waals surface area contributed by atoms with Gasteiger partial charge in [0, 0.05) is 31.8 Å². The number of benzene rings is 1. The van der Waals surface area contributed by atoms with Crippen molar-refractivity contribution in [2.24, 2.45) is 0 Å². The van der Waals surface area contributed by atoms with Crippen LogP contribution in [-0.4, -0.2) is 31.2 Å². The summed E-state index contributed by atoms with van der Waals surface area (Å²) in [6.07, 6.45) is 0.984. The highest BCUT2D eigenvalue weighted by Gasteiger charge is 2.12. The molecule has 0 aromatic heterocycles. The van der Waals surface area contributed by atoms with Gasteiger partial charge in [-0.2, -0.15) is 5.26 Å². The normalized spacial score (nSPS) is 17.4. The average Bonchev–Trinajstić information content (AvgIpc) is 2.60. The van der Waals surface area contributed by atoms with Gasteiger partial charge in [0.25, 0.3) is 0 Å². The Hall–Kier alpha value is -1.44. The van der Waals surface area contributed by atoms with Crippen molar-refractivity contribution < 1.29 is 9.13 Å². The lowest BCUT2D eigenvalue weighted by Crippen LogP contribution is -2.26. The third-order valence-electron chi connectivity index (χ3n) is 2.89. The molecule has 90 valence electrons. The van der Waals surface area contributed by atoms with E-state index in [0.717, 1.165) is 26.1 Å². The average molecular weight is 234 g/mol. The number of nitriles is 1. The molecule has 17 heavy (non-hydrogen) atoms. The van der Waals surface area contributed by atoms with Crippen LogP contribution in [0.1, 0.15) is 17.5 Å². The van der Waals surface area contributed by atoms with E-state index in [2.05, 4.69) is 4.90 Å². The van der Waals surface area contributed by atoms with Gasteiger partial charge in [0.1, 0.15) is 5.82 Å². The third kappa shape index (κ3) is 3.26. The van der Waals surface area contributed by atoms with Crippen LogP contribution in [0, 0.1) is 17.1 Å². The first-order chi connectivity index (χ1) is 8.29. The molecule has 0 unspecified atom stereocenters. The fourth-order valence-corrected chi connectivity index (χ4v) is 1.94. The van der Waals surface area contributed by atoms with Crippen LogP contribution in [0.3, 0.4) is 0 Å². The second kappa shape index (κ2) is 5.76. The number of nitrogens with zero attached hydrogens (tertiary/aromatic N) is 2. The highest BCUT2D eigenvalue weighted by atomic mass is 19.1. The molecule has 1 aliphatic heterocycles. The van der Waals surface area contributed by atoms with Crippen molar-refractivity contribution in [3.8, 4) is 6.07 Å². The Balaban J connectivity index is 2.05. The molecule has 4 heteroatoms. The lowest BCUT2D eigenvalue weighted by Gasteiger charge is -2.19. The molecule has 0 amide bonds. The summed E-state index contributed by atoms with van der Waals surface area (Å²) in [5, 5.41) is 8.67. The molecule has 3 nitrogen and oxygen atoms in total. The summed E-state index contributed by atoms with van der Waals surface area (Å²) in [5.41, 5.74) is 1.01. The zero-order valence-corrected chi connectivity index (χ0v) is 9.66. The summed E-state index contributed by atoms with van der Waals surface area (Å²) >= 11 is 0. The lowest BCUT2D eigenvalue weighted by molar-refractivity contribution is 0.140. The second-order valence-electron chi connectivity index (χ2n) is 4.16. The van der Waals surface area contributed by atoms with Crippen LogP contribution in [0.15, 0.2) is 18.2 Å². The van der Waals surface area contributed by atoms with Gasteiger partial charge in [0.2, 0.25) is 0 Å². The Kier molecular flexibility index (Phi) is 4.08. The first-order valence-corrected chi connectivity index (χ1v) is 5.78. The maximum Gasteiger partial charge on any atom is 0.129 e. The highest BCUT2D eigenvalue weighted by molar-refractivity contribution is 5.32. The zero-order valence-electron chi connectivity index (χ0n) is 9.66. The number of rotatable bonds is 2. The standard InChI is InChI=1S/C13H15FN2O/c14-13-8-11(9-15)2-3-12(13)10-16-4-1-6-17-7-5-16/h2-3,8H,1,4-7,10H2. The number of hydrogen-bond acceptors (Lipinski definition) is 3. The Morgan fingerprint density at radius 3 is 3.00 bits per heavy atom. The number of halogens is 1. The number of hydrogen-bond donors (Lipinski definition) is 0. The molecular weight excluding hydrogens is 219 g/mol. The minimum Gasteiger partial charge on any atom is -0.380 e. The van der Waals surface area contributed by atoms with Crippen LogP contribution in [0.2, 0.25) is 0 Å². The zero-order chi connectivity index (χ0) is 12.1. The van der Waals surface area contributed by atoms with Gasteiger partial charge in [-0.15, -0.1) is 0 Å². The largest absolute Gasteiger partial charge is 0.380 e. The van der Waals surface area contributed by atoms with Crippen LogP contribution in [0.5, 0.6) is 0 Å². The first kappa shape index (κ1) is 12.0. The molecule has 1 saturated heterocycles. The molecule has 1 aromatic carbocycles. The highest BCUT2D eigenvalue weighted by Crippen LogP contribution is 2.13. The molecule has 0 bridgehead atoms. The van der Waals surface area contributed by atoms with Crippen molar-refractivity contribution >= 4 is 0 Å². The molecule has 1 aromatic rings. The molecule has 0 aliphatic carbocycles. The molecule has 1 aliphatic rings. The second-order valence-corrected chi connectivity index (χ2v) is 4.16. The van der Waals surface area contributed by atoms with Crippen LogP contribution in [-0.2, 0) is 11.3 Å². The van der Waals surface area contributed by atoms with Gasteiger partial charge in [0.15, 0.2) is 0 Å². The van der Waals surface area contributed by atoms with Crippen molar-refractivity contribution in [1.29, 1.82) is 5.26 Å². The summed E-state index contributed by atoms with van der Waals surface area (Å²) < 4.78 is 19.0. The van der Waals surface area contributed by atoms with Gasteiger partial charge in [-0.3, -0.25) is 4.90 Å². The number of ether oxygens (including phenoxy) is 1. The van der Waals surface area contributed by atoms with Crippen LogP contribution >= 0.6 is 0 Å². The van der Waals surface area contributed by atoms with E-state index in [1.54, 1.807) is 12.1 Å². The van der Waals surface area contributed by atoms with Crippen molar-refractivity contribution in [3.05, 3.63) is 35.1 Å². The van der Waals surface area contributed by atoms with E-state index < -0.39 is 0 Å². The molecule has 0 spiro atoms. The molecule has 0 atom stereocenters. The molecule has 0 radical (unpaired) electrons. The summed E-state index contributed by atoms with van der Waals surface area (Å²) in [6.45, 7) is 3.84. The fourth-order valence-electron chi connectivity index (χ4n) is 1.94. The molecule has 0 saturated carbocycles. The van der Waals surface area contributed by atoms with E-state index in [0.29, 0.717) is 24.3 Å². The lowest BCUT2D eigenvalue weighted by atomic mass is 10.1. The topological polar surface area (TPSA) is 36.3 Å². The van der Waals surface area contributed by atoms with Gasteiger partial charge < -0.3 is 4.74 Å². The Labute approximate surface area is 100 Å². The minimum absolute atomic E-state index is 0.297. The van der Waals surface area contributed by atoms with E-state index in [1.165, 1.54) is 6.07 Å². The maximum atomic E-state index is 13.7. The molecule has 1 heterocycles. The minimum atomic E-state index is -0.297. The van der Waals surface area contributed by atoms with Crippen molar-refractivity contribution in [2.75, 3.05) is 26.3 Å². The summed E-state index contributed by atoms with van der Waals surface area (Å²) in [5.74, 6) is -0.297. The van der Waals surface area contributed by atoms with E-state index >= 15 is 0 Å².